The third-order valence-electron chi connectivity index (χ3n) is 8.26. The van der Waals surface area contributed by atoms with E-state index in [2.05, 4.69) is 5.32 Å². The fraction of sp³-hybridized carbons (Fsp3) is 0.412. The molecular weight excluding hydrogens is 655 g/mol. The summed E-state index contributed by atoms with van der Waals surface area (Å²) in [5.74, 6) is -0.647. The molecule has 2 amide bonds. The van der Waals surface area contributed by atoms with Crippen molar-refractivity contribution in [2.45, 2.75) is 82.1 Å². The van der Waals surface area contributed by atoms with Gasteiger partial charge in [0.1, 0.15) is 18.3 Å². The second-order valence-corrected chi connectivity index (χ2v) is 13.9. The van der Waals surface area contributed by atoms with Gasteiger partial charge in [0.15, 0.2) is 0 Å². The molecule has 1 aliphatic rings. The van der Waals surface area contributed by atoms with Gasteiger partial charge in [-0.15, -0.1) is 0 Å². The number of methoxy groups -OCH3 is 1. The molecule has 1 aliphatic carbocycles. The van der Waals surface area contributed by atoms with E-state index in [0.717, 1.165) is 49.8 Å². The minimum Gasteiger partial charge on any atom is -0.497 e. The molecule has 0 aromatic heterocycles. The molecule has 0 heterocycles. The number of anilines is 1. The zero-order chi connectivity index (χ0) is 34.4. The summed E-state index contributed by atoms with van der Waals surface area (Å²) in [6.07, 6.45) is -0.0328. The first-order valence-corrected chi connectivity index (χ1v) is 17.2. The van der Waals surface area contributed by atoms with Crippen LogP contribution in [0.5, 0.6) is 5.75 Å². The van der Waals surface area contributed by atoms with Gasteiger partial charge >= 0.3 is 6.18 Å². The van der Waals surface area contributed by atoms with Gasteiger partial charge < -0.3 is 15.0 Å². The Hall–Kier alpha value is -3.77. The SMILES string of the molecule is CC[C@@H](C(=O)NC1CCCCC1)N(Cc1cccc(OC)c1)C(=O)CN(c1ccc(Cl)c(C(F)(F)F)c1)S(=O)(=O)c1ccc(C)cc1. The van der Waals surface area contributed by atoms with Crippen LogP contribution in [0.2, 0.25) is 5.02 Å². The zero-order valence-corrected chi connectivity index (χ0v) is 28.1. The highest BCUT2D eigenvalue weighted by molar-refractivity contribution is 7.92. The number of amides is 2. The molecule has 4 rings (SSSR count). The lowest BCUT2D eigenvalue weighted by Crippen LogP contribution is -2.54. The van der Waals surface area contributed by atoms with Crippen LogP contribution in [0.4, 0.5) is 18.9 Å². The van der Waals surface area contributed by atoms with Crippen molar-refractivity contribution in [3.63, 3.8) is 0 Å². The molecule has 1 saturated carbocycles. The highest BCUT2D eigenvalue weighted by Gasteiger charge is 2.37. The van der Waals surface area contributed by atoms with Crippen LogP contribution >= 0.6 is 11.6 Å². The lowest BCUT2D eigenvalue weighted by atomic mass is 9.95. The summed E-state index contributed by atoms with van der Waals surface area (Å²) in [4.78, 5) is 29.1. The minimum absolute atomic E-state index is 0.0488. The first-order chi connectivity index (χ1) is 22.2. The molecule has 0 saturated heterocycles. The highest BCUT2D eigenvalue weighted by atomic mass is 35.5. The number of rotatable bonds is 12. The Morgan fingerprint density at radius 1 is 1.02 bits per heavy atom. The number of halogens is 4. The van der Waals surface area contributed by atoms with Crippen LogP contribution in [0.1, 0.15) is 62.1 Å². The minimum atomic E-state index is -4.89. The Morgan fingerprint density at radius 3 is 2.32 bits per heavy atom. The van der Waals surface area contributed by atoms with E-state index in [1.807, 2.05) is 0 Å². The molecule has 0 unspecified atom stereocenters. The summed E-state index contributed by atoms with van der Waals surface area (Å²) >= 11 is 5.86. The maximum atomic E-state index is 14.3. The van der Waals surface area contributed by atoms with Crippen molar-refractivity contribution in [3.8, 4) is 5.75 Å². The predicted octanol–water partition coefficient (Wildman–Crippen LogP) is 7.13. The number of hydrogen-bond donors (Lipinski definition) is 1. The zero-order valence-electron chi connectivity index (χ0n) is 26.5. The van der Waals surface area contributed by atoms with Crippen molar-refractivity contribution in [1.29, 1.82) is 0 Å². The number of benzene rings is 3. The number of alkyl halides is 3. The largest absolute Gasteiger partial charge is 0.497 e. The second kappa shape index (κ2) is 15.4. The van der Waals surface area contributed by atoms with E-state index in [0.29, 0.717) is 21.7 Å². The van der Waals surface area contributed by atoms with Gasteiger partial charge in [-0.3, -0.25) is 13.9 Å². The molecule has 1 atom stereocenters. The highest BCUT2D eigenvalue weighted by Crippen LogP contribution is 2.38. The van der Waals surface area contributed by atoms with Crippen molar-refractivity contribution in [1.82, 2.24) is 10.2 Å². The average molecular weight is 694 g/mol. The number of carbonyl (C=O) groups is 2. The molecule has 3 aromatic carbocycles. The number of aryl methyl sites for hydroxylation is 1. The second-order valence-electron chi connectivity index (χ2n) is 11.6. The van der Waals surface area contributed by atoms with Gasteiger partial charge in [0.2, 0.25) is 11.8 Å². The third-order valence-corrected chi connectivity index (χ3v) is 10.4. The van der Waals surface area contributed by atoms with Crippen LogP contribution in [0.3, 0.4) is 0 Å². The lowest BCUT2D eigenvalue weighted by molar-refractivity contribution is -0.140. The van der Waals surface area contributed by atoms with E-state index in [9.17, 15) is 31.2 Å². The quantitative estimate of drug-likeness (QED) is 0.218. The Balaban J connectivity index is 1.78. The Morgan fingerprint density at radius 2 is 1.70 bits per heavy atom. The maximum Gasteiger partial charge on any atom is 0.417 e. The van der Waals surface area contributed by atoms with Crippen LogP contribution in [0.15, 0.2) is 71.6 Å². The molecule has 1 fully saturated rings. The number of hydrogen-bond acceptors (Lipinski definition) is 5. The van der Waals surface area contributed by atoms with Crippen LogP contribution < -0.4 is 14.4 Å². The van der Waals surface area contributed by atoms with Gasteiger partial charge in [-0.2, -0.15) is 13.2 Å². The molecule has 3 aromatic rings. The number of ether oxygens (including phenoxy) is 1. The van der Waals surface area contributed by atoms with E-state index in [-0.39, 0.29) is 29.8 Å². The van der Waals surface area contributed by atoms with Gasteiger partial charge in [0, 0.05) is 12.6 Å². The first kappa shape index (κ1) is 36.1. The molecule has 254 valence electrons. The van der Waals surface area contributed by atoms with Crippen molar-refractivity contribution in [2.24, 2.45) is 0 Å². The number of sulfonamides is 1. The summed E-state index contributed by atoms with van der Waals surface area (Å²) in [5.41, 5.74) is -0.284. The summed E-state index contributed by atoms with van der Waals surface area (Å²) in [6.45, 7) is 2.53. The van der Waals surface area contributed by atoms with Crippen LogP contribution in [0, 0.1) is 6.92 Å². The standard InChI is InChI=1S/C34H39ClF3N3O5S/c1-4-31(33(43)39-25-10-6-5-7-11-25)40(21-24-9-8-12-27(19-24)46-3)32(42)22-41(47(44,45)28-16-13-23(2)14-17-28)26-15-18-30(35)29(20-26)34(36,37)38/h8-9,12-20,25,31H,4-7,10-11,21-22H2,1-3H3,(H,39,43)/t31-/m0/s1. The van der Waals surface area contributed by atoms with Crippen LogP contribution in [-0.4, -0.2) is 50.9 Å². The van der Waals surface area contributed by atoms with E-state index in [1.54, 1.807) is 50.2 Å². The molecular formula is C34H39ClF3N3O5S. The van der Waals surface area contributed by atoms with E-state index >= 15 is 0 Å². The van der Waals surface area contributed by atoms with E-state index in [1.165, 1.54) is 24.1 Å². The first-order valence-electron chi connectivity index (χ1n) is 15.4. The van der Waals surface area contributed by atoms with Gasteiger partial charge in [0.25, 0.3) is 10.0 Å². The van der Waals surface area contributed by atoms with Crippen LogP contribution in [0.25, 0.3) is 0 Å². The molecule has 1 N–H and O–H groups in total. The average Bonchev–Trinajstić information content (AvgIpc) is 3.04. The molecule has 13 heteroatoms. The third kappa shape index (κ3) is 8.98. The number of nitrogens with zero attached hydrogens (tertiary/aromatic N) is 2. The smallest absolute Gasteiger partial charge is 0.417 e. The van der Waals surface area contributed by atoms with Crippen LogP contribution in [-0.2, 0) is 32.3 Å². The molecule has 0 bridgehead atoms. The molecule has 47 heavy (non-hydrogen) atoms. The topological polar surface area (TPSA) is 96.0 Å². The van der Waals surface area contributed by atoms with Gasteiger partial charge in [-0.1, -0.05) is 67.6 Å². The van der Waals surface area contributed by atoms with Crippen molar-refractivity contribution in [2.75, 3.05) is 18.0 Å². The molecule has 0 radical (unpaired) electrons. The molecule has 0 spiro atoms. The number of carbonyl (C=O) groups excluding carboxylic acids is 2. The monoisotopic (exact) mass is 693 g/mol. The summed E-state index contributed by atoms with van der Waals surface area (Å²) < 4.78 is 75.8. The summed E-state index contributed by atoms with van der Waals surface area (Å²) in [6, 6.07) is 14.3. The van der Waals surface area contributed by atoms with Gasteiger partial charge in [-0.25, -0.2) is 8.42 Å². The normalized spacial score (nSPS) is 14.7. The summed E-state index contributed by atoms with van der Waals surface area (Å²) in [5, 5.41) is 2.44. The molecule has 8 nitrogen and oxygen atoms in total. The van der Waals surface area contributed by atoms with Crippen molar-refractivity contribution in [3.05, 3.63) is 88.4 Å². The van der Waals surface area contributed by atoms with Crippen molar-refractivity contribution < 1.29 is 35.9 Å². The lowest BCUT2D eigenvalue weighted by Gasteiger charge is -2.34. The summed E-state index contributed by atoms with van der Waals surface area (Å²) in [7, 11) is -3.09. The van der Waals surface area contributed by atoms with Gasteiger partial charge in [0.05, 0.1) is 28.3 Å². The number of nitrogens with one attached hydrogen (secondary N) is 1. The van der Waals surface area contributed by atoms with E-state index < -0.39 is 51.0 Å². The van der Waals surface area contributed by atoms with Gasteiger partial charge in [-0.05, 0) is 74.2 Å². The van der Waals surface area contributed by atoms with Crippen molar-refractivity contribution >= 4 is 39.1 Å². The molecule has 0 aliphatic heterocycles. The predicted molar refractivity (Wildman–Crippen MR) is 175 cm³/mol. The maximum absolute atomic E-state index is 14.3. The fourth-order valence-corrected chi connectivity index (χ4v) is 7.31. The Bertz CT molecular complexity index is 1660. The van der Waals surface area contributed by atoms with E-state index in [4.69, 9.17) is 16.3 Å². The Labute approximate surface area is 278 Å². The fourth-order valence-electron chi connectivity index (χ4n) is 5.68. The Kier molecular flexibility index (Phi) is 11.8.